The zero-order valence-corrected chi connectivity index (χ0v) is 37.6. The number of piperidine rings is 1. The van der Waals surface area contributed by atoms with E-state index in [1.54, 1.807) is 7.11 Å². The van der Waals surface area contributed by atoms with Gasteiger partial charge in [0, 0.05) is 67.1 Å². The van der Waals surface area contributed by atoms with Crippen LogP contribution in [0.3, 0.4) is 0 Å². The Morgan fingerprint density at radius 2 is 1.56 bits per heavy atom. The molecule has 3 aromatic carbocycles. The molecule has 0 radical (unpaired) electrons. The Bertz CT molecular complexity index is 2220. The van der Waals surface area contributed by atoms with Crippen LogP contribution in [-0.4, -0.2) is 76.2 Å². The van der Waals surface area contributed by atoms with Gasteiger partial charge in [-0.1, -0.05) is 72.1 Å². The summed E-state index contributed by atoms with van der Waals surface area (Å²) in [6, 6.07) is 14.4. The minimum atomic E-state index is -2.05. The number of likely N-dealkylation sites (tertiary alicyclic amines) is 1. The molecule has 2 aliphatic heterocycles. The van der Waals surface area contributed by atoms with Crippen LogP contribution in [0.4, 0.5) is 10.2 Å². The molecule has 0 N–H and O–H groups in total. The molecule has 1 aromatic heterocycles. The zero-order chi connectivity index (χ0) is 41.1. The van der Waals surface area contributed by atoms with E-state index in [0.29, 0.717) is 51.9 Å². The van der Waals surface area contributed by atoms with Crippen LogP contribution in [0.1, 0.15) is 98.5 Å². The normalized spacial score (nSPS) is 23.7. The summed E-state index contributed by atoms with van der Waals surface area (Å²) in [6.45, 7) is 20.1. The molecule has 4 atom stereocenters. The van der Waals surface area contributed by atoms with E-state index in [2.05, 4.69) is 74.9 Å². The van der Waals surface area contributed by atoms with Crippen LogP contribution in [-0.2, 0) is 4.74 Å². The number of ether oxygens (including phenoxy) is 3. The minimum Gasteiger partial charge on any atom is -0.468 e. The number of fused-ring (bicyclic) bond motifs is 5. The van der Waals surface area contributed by atoms with Crippen molar-refractivity contribution < 1.29 is 18.6 Å². The predicted octanol–water partition coefficient (Wildman–Crippen LogP) is 11.3. The second kappa shape index (κ2) is 16.3. The topological polar surface area (TPSA) is 60.0 Å². The molecule has 5 fully saturated rings. The lowest BCUT2D eigenvalue weighted by atomic mass is 9.93. The van der Waals surface area contributed by atoms with Gasteiger partial charge in [-0.2, -0.15) is 9.97 Å². The molecule has 3 aliphatic carbocycles. The van der Waals surface area contributed by atoms with Crippen molar-refractivity contribution in [1.29, 1.82) is 0 Å². The number of anilines is 1. The number of nitrogens with zero attached hydrogens (tertiary/aromatic N) is 4. The lowest BCUT2D eigenvalue weighted by Crippen LogP contribution is -2.43. The van der Waals surface area contributed by atoms with Crippen molar-refractivity contribution in [2.45, 2.75) is 110 Å². The quantitative estimate of drug-likeness (QED) is 0.0757. The standard InChI is InChI=1S/C50H65FN4O3Si/c1-32(2)59(33(3)4,34(5)6)21-18-37-10-8-11-38-23-41(58-31-56-7)24-44(45(37)38)42-16-17-43-47(46(42)51)52-49(53-48(43)55-25-35-14-15-36(22-35)26-55)57-30-50(19-20-50)29-54-27-39-12-9-13-40(39)28-54/h8,10-11,16-17,23-24,32-36,39-40H,9,12-15,19-20,22,25-31H2,1-7H3. The second-order valence-electron chi connectivity index (χ2n) is 20.1. The number of benzene rings is 3. The summed E-state index contributed by atoms with van der Waals surface area (Å²) >= 11 is 0. The third-order valence-corrected chi connectivity index (χ3v) is 21.7. The highest BCUT2D eigenvalue weighted by atomic mass is 28.3. The fourth-order valence-electron chi connectivity index (χ4n) is 12.2. The van der Waals surface area contributed by atoms with Gasteiger partial charge in [0.25, 0.3) is 0 Å². The first-order valence-electron chi connectivity index (χ1n) is 22.8. The molecule has 59 heavy (non-hydrogen) atoms. The molecule has 7 nitrogen and oxygen atoms in total. The smallest absolute Gasteiger partial charge is 0.319 e. The molecule has 4 unspecified atom stereocenters. The summed E-state index contributed by atoms with van der Waals surface area (Å²) in [4.78, 5) is 15.2. The van der Waals surface area contributed by atoms with Gasteiger partial charge in [-0.3, -0.25) is 0 Å². The Kier molecular flexibility index (Phi) is 11.2. The van der Waals surface area contributed by atoms with Crippen LogP contribution in [0, 0.1) is 46.4 Å². The lowest BCUT2D eigenvalue weighted by Gasteiger charge is -2.38. The van der Waals surface area contributed by atoms with Gasteiger partial charge in [-0.15, -0.1) is 5.54 Å². The highest BCUT2D eigenvalue weighted by Gasteiger charge is 2.48. The van der Waals surface area contributed by atoms with Crippen LogP contribution in [0.25, 0.3) is 32.8 Å². The zero-order valence-electron chi connectivity index (χ0n) is 36.6. The third-order valence-electron chi connectivity index (χ3n) is 15.4. The number of halogens is 1. The van der Waals surface area contributed by atoms with Crippen molar-refractivity contribution in [3.63, 3.8) is 0 Å². The average Bonchev–Trinajstić information content (AvgIpc) is 3.45. The van der Waals surface area contributed by atoms with Crippen LogP contribution in [0.2, 0.25) is 16.6 Å². The van der Waals surface area contributed by atoms with Gasteiger partial charge in [0.1, 0.15) is 25.2 Å². The van der Waals surface area contributed by atoms with E-state index in [0.717, 1.165) is 77.4 Å². The summed E-state index contributed by atoms with van der Waals surface area (Å²) in [5.74, 6) is 7.80. The van der Waals surface area contributed by atoms with Gasteiger partial charge in [0.2, 0.25) is 0 Å². The molecule has 0 amide bonds. The Hall–Kier alpha value is -3.71. The molecule has 4 aromatic rings. The van der Waals surface area contributed by atoms with Gasteiger partial charge in [0.15, 0.2) is 12.6 Å². The van der Waals surface area contributed by atoms with E-state index < -0.39 is 8.07 Å². The molecule has 5 aliphatic rings. The fraction of sp³-hybridized carbons (Fsp3) is 0.600. The Balaban J connectivity index is 1.14. The number of aromatic nitrogens is 2. The van der Waals surface area contributed by atoms with Gasteiger partial charge >= 0.3 is 6.01 Å². The van der Waals surface area contributed by atoms with Gasteiger partial charge in [-0.05, 0) is 120 Å². The number of hydrogen-bond donors (Lipinski definition) is 0. The van der Waals surface area contributed by atoms with Crippen LogP contribution < -0.4 is 14.4 Å². The maximum atomic E-state index is 17.8. The summed E-state index contributed by atoms with van der Waals surface area (Å²) in [5.41, 5.74) is 7.95. The molecule has 314 valence electrons. The number of rotatable bonds is 13. The monoisotopic (exact) mass is 816 g/mol. The summed E-state index contributed by atoms with van der Waals surface area (Å²) in [7, 11) is -0.442. The van der Waals surface area contributed by atoms with E-state index in [1.165, 1.54) is 51.6 Å². The molecule has 9 rings (SSSR count). The Labute approximate surface area is 352 Å². The summed E-state index contributed by atoms with van der Waals surface area (Å²) < 4.78 is 35.8. The highest BCUT2D eigenvalue weighted by molar-refractivity contribution is 6.90. The van der Waals surface area contributed by atoms with E-state index in [1.807, 2.05) is 30.3 Å². The molecule has 9 heteroatoms. The van der Waals surface area contributed by atoms with Crippen molar-refractivity contribution >= 4 is 35.6 Å². The van der Waals surface area contributed by atoms with E-state index in [9.17, 15) is 0 Å². The number of methoxy groups -OCH3 is 1. The summed E-state index contributed by atoms with van der Waals surface area (Å²) in [5, 5.41) is 2.60. The number of hydrogen-bond acceptors (Lipinski definition) is 7. The lowest BCUT2D eigenvalue weighted by molar-refractivity contribution is 0.0512. The first-order chi connectivity index (χ1) is 28.5. The molecule has 2 saturated heterocycles. The van der Waals surface area contributed by atoms with Gasteiger partial charge in [-0.25, -0.2) is 4.39 Å². The van der Waals surface area contributed by atoms with Crippen molar-refractivity contribution in [1.82, 2.24) is 14.9 Å². The van der Waals surface area contributed by atoms with E-state index >= 15 is 4.39 Å². The maximum Gasteiger partial charge on any atom is 0.319 e. The minimum absolute atomic E-state index is 0.0887. The van der Waals surface area contributed by atoms with Crippen molar-refractivity contribution in [2.75, 3.05) is 58.1 Å². The van der Waals surface area contributed by atoms with Crippen molar-refractivity contribution in [3.05, 3.63) is 53.8 Å². The third kappa shape index (κ3) is 7.76. The SMILES string of the molecule is COCOc1cc(-c2ccc3c(N4CC5CCC(C5)C4)nc(OCC4(CN5CC6CCCC6C5)CC4)nc3c2F)c2c(C#C[Si](C(C)C)(C(C)C)C(C)C)cccc2c1. The molecule has 0 spiro atoms. The van der Waals surface area contributed by atoms with Crippen molar-refractivity contribution in [3.8, 4) is 34.4 Å². The molecule has 2 bridgehead atoms. The van der Waals surface area contributed by atoms with Gasteiger partial charge in [0.05, 0.1) is 6.61 Å². The largest absolute Gasteiger partial charge is 0.468 e. The Morgan fingerprint density at radius 1 is 0.847 bits per heavy atom. The average molecular weight is 817 g/mol. The second-order valence-corrected chi connectivity index (χ2v) is 25.7. The van der Waals surface area contributed by atoms with E-state index in [4.69, 9.17) is 24.2 Å². The molecule has 3 heterocycles. The first-order valence-corrected chi connectivity index (χ1v) is 25.0. The van der Waals surface area contributed by atoms with Crippen LogP contribution in [0.5, 0.6) is 11.8 Å². The van der Waals surface area contributed by atoms with Crippen LogP contribution >= 0.6 is 0 Å². The summed E-state index contributed by atoms with van der Waals surface area (Å²) in [6.07, 6.45) is 10.3. The fourth-order valence-corrected chi connectivity index (χ4v) is 17.5. The molecular weight excluding hydrogens is 752 g/mol. The maximum absolute atomic E-state index is 17.8. The Morgan fingerprint density at radius 3 is 2.22 bits per heavy atom. The first kappa shape index (κ1) is 40.7. The van der Waals surface area contributed by atoms with E-state index in [-0.39, 0.29) is 24.0 Å². The molecular formula is C50H65FN4O3Si. The van der Waals surface area contributed by atoms with Crippen LogP contribution in [0.15, 0.2) is 42.5 Å². The van der Waals surface area contributed by atoms with Crippen molar-refractivity contribution in [2.24, 2.45) is 29.1 Å². The molecule has 3 saturated carbocycles. The van der Waals surface area contributed by atoms with Gasteiger partial charge < -0.3 is 24.0 Å². The predicted molar refractivity (Wildman–Crippen MR) is 240 cm³/mol. The highest BCUT2D eigenvalue weighted by Crippen LogP contribution is 2.49.